The Labute approximate surface area is 166 Å². The van der Waals surface area contributed by atoms with Crippen LogP contribution in [0.3, 0.4) is 0 Å². The van der Waals surface area contributed by atoms with Gasteiger partial charge in [0.2, 0.25) is 0 Å². The van der Waals surface area contributed by atoms with Crippen LogP contribution in [0.1, 0.15) is 33.2 Å². The summed E-state index contributed by atoms with van der Waals surface area (Å²) in [5, 5.41) is 4.32. The standard InChI is InChI=1S/C26H23N/c1-26(2,3)23-17-27(24-15-9-8-14-22(23)24)25-20-12-6-4-10-18(20)16-19-11-5-7-13-21(19)25/h4-17H,1-3H3/i8D,9D,14D,15D,17D. The number of rotatable bonds is 1. The molecule has 132 valence electrons. The SMILES string of the molecule is [2H]c1c([2H])c([2H])c2c(c1[2H])c(C(C)(C)C)c([2H])n2-c1c2ccccc2cc2ccccc12. The molecule has 1 nitrogen and oxygen atoms in total. The van der Waals surface area contributed by atoms with Crippen molar-refractivity contribution in [1.82, 2.24) is 4.57 Å². The van der Waals surface area contributed by atoms with Gasteiger partial charge in [-0.15, -0.1) is 0 Å². The van der Waals surface area contributed by atoms with Crippen LogP contribution >= 0.6 is 0 Å². The van der Waals surface area contributed by atoms with Gasteiger partial charge in [-0.1, -0.05) is 87.4 Å². The van der Waals surface area contributed by atoms with Gasteiger partial charge in [0.1, 0.15) is 0 Å². The smallest absolute Gasteiger partial charge is 0.0826 e. The summed E-state index contributed by atoms with van der Waals surface area (Å²) in [4.78, 5) is 0. The summed E-state index contributed by atoms with van der Waals surface area (Å²) in [6, 6.07) is 17.3. The predicted octanol–water partition coefficient (Wildman–Crippen LogP) is 7.23. The minimum Gasteiger partial charge on any atom is -0.315 e. The summed E-state index contributed by atoms with van der Waals surface area (Å²) in [5.74, 6) is 0. The molecule has 0 N–H and O–H groups in total. The van der Waals surface area contributed by atoms with Gasteiger partial charge < -0.3 is 4.57 Å². The van der Waals surface area contributed by atoms with Gasteiger partial charge in [-0.2, -0.15) is 0 Å². The Kier molecular flexibility index (Phi) is 2.46. The van der Waals surface area contributed by atoms with Crippen LogP contribution in [0, 0.1) is 0 Å². The zero-order valence-electron chi connectivity index (χ0n) is 20.6. The highest BCUT2D eigenvalue weighted by atomic mass is 15.0. The lowest BCUT2D eigenvalue weighted by molar-refractivity contribution is 0.594. The Morgan fingerprint density at radius 1 is 0.778 bits per heavy atom. The first-order valence-electron chi connectivity index (χ1n) is 11.7. The van der Waals surface area contributed by atoms with Gasteiger partial charge in [0.05, 0.1) is 18.1 Å². The third kappa shape index (κ3) is 2.46. The lowest BCUT2D eigenvalue weighted by atomic mass is 9.87. The van der Waals surface area contributed by atoms with Crippen molar-refractivity contribution in [2.45, 2.75) is 26.2 Å². The van der Waals surface area contributed by atoms with Crippen molar-refractivity contribution in [3.63, 3.8) is 0 Å². The van der Waals surface area contributed by atoms with Gasteiger partial charge in [0, 0.05) is 22.3 Å². The number of nitrogens with zero attached hydrogens (tertiary/aromatic N) is 1. The van der Waals surface area contributed by atoms with E-state index in [0.717, 1.165) is 27.2 Å². The van der Waals surface area contributed by atoms with Crippen molar-refractivity contribution >= 4 is 32.4 Å². The molecule has 0 saturated carbocycles. The molecule has 0 aliphatic heterocycles. The highest BCUT2D eigenvalue weighted by molar-refractivity contribution is 6.08. The Hall–Kier alpha value is -3.06. The molecule has 0 aliphatic carbocycles. The first-order chi connectivity index (χ1) is 15.1. The number of hydrogen-bond donors (Lipinski definition) is 0. The number of benzene rings is 4. The molecule has 0 atom stereocenters. The molecule has 0 radical (unpaired) electrons. The Morgan fingerprint density at radius 3 is 2.00 bits per heavy atom. The molecule has 4 aromatic carbocycles. The van der Waals surface area contributed by atoms with Crippen LogP contribution in [0.25, 0.3) is 38.1 Å². The lowest BCUT2D eigenvalue weighted by Crippen LogP contribution is -2.10. The Morgan fingerprint density at radius 2 is 1.37 bits per heavy atom. The van der Waals surface area contributed by atoms with Gasteiger partial charge in [0.25, 0.3) is 0 Å². The number of para-hydroxylation sites is 1. The minimum absolute atomic E-state index is 0.0947. The normalized spacial score (nSPS) is 14.9. The molecule has 0 amide bonds. The molecule has 5 aromatic rings. The third-order valence-corrected chi connectivity index (χ3v) is 5.08. The second-order valence-corrected chi connectivity index (χ2v) is 7.96. The van der Waals surface area contributed by atoms with E-state index >= 15 is 0 Å². The first-order valence-corrected chi connectivity index (χ1v) is 9.15. The largest absolute Gasteiger partial charge is 0.315 e. The van der Waals surface area contributed by atoms with Crippen LogP contribution in [-0.4, -0.2) is 4.57 Å². The zero-order chi connectivity index (χ0) is 22.9. The fraction of sp³-hybridized carbons (Fsp3) is 0.154. The molecule has 1 heterocycles. The van der Waals surface area contributed by atoms with Crippen molar-refractivity contribution in [3.05, 3.63) is 90.5 Å². The molecule has 1 aromatic heterocycles. The number of hydrogen-bond acceptors (Lipinski definition) is 0. The predicted molar refractivity (Wildman–Crippen MR) is 117 cm³/mol. The van der Waals surface area contributed by atoms with E-state index in [1.165, 1.54) is 0 Å². The van der Waals surface area contributed by atoms with E-state index in [1.54, 1.807) is 4.57 Å². The first kappa shape index (κ1) is 11.6. The number of aromatic nitrogens is 1. The van der Waals surface area contributed by atoms with Crippen LogP contribution < -0.4 is 0 Å². The summed E-state index contributed by atoms with van der Waals surface area (Å²) >= 11 is 0. The fourth-order valence-corrected chi connectivity index (χ4v) is 3.82. The van der Waals surface area contributed by atoms with Gasteiger partial charge in [-0.05, 0) is 33.9 Å². The molecule has 27 heavy (non-hydrogen) atoms. The molecule has 0 aliphatic rings. The van der Waals surface area contributed by atoms with E-state index < -0.39 is 5.41 Å². The second kappa shape index (κ2) is 5.72. The minimum atomic E-state index is -0.487. The fourth-order valence-electron chi connectivity index (χ4n) is 3.82. The lowest BCUT2D eigenvalue weighted by Gasteiger charge is -2.17. The quantitative estimate of drug-likeness (QED) is 0.280. The molecule has 0 bridgehead atoms. The Bertz CT molecular complexity index is 1500. The van der Waals surface area contributed by atoms with E-state index in [9.17, 15) is 1.37 Å². The van der Waals surface area contributed by atoms with Crippen molar-refractivity contribution in [2.24, 2.45) is 0 Å². The van der Waals surface area contributed by atoms with Gasteiger partial charge in [-0.25, -0.2) is 0 Å². The van der Waals surface area contributed by atoms with Gasteiger partial charge in [-0.3, -0.25) is 0 Å². The van der Waals surface area contributed by atoms with Crippen molar-refractivity contribution in [3.8, 4) is 5.69 Å². The Balaban J connectivity index is 2.13. The van der Waals surface area contributed by atoms with E-state index in [0.29, 0.717) is 16.5 Å². The molecule has 0 fully saturated rings. The summed E-state index contributed by atoms with van der Waals surface area (Å²) in [6.45, 7) is 5.94. The van der Waals surface area contributed by atoms with Gasteiger partial charge in [0.15, 0.2) is 0 Å². The zero-order valence-corrected chi connectivity index (χ0v) is 15.6. The van der Waals surface area contributed by atoms with Crippen molar-refractivity contribution < 1.29 is 6.85 Å². The van der Waals surface area contributed by atoms with Gasteiger partial charge >= 0.3 is 0 Å². The summed E-state index contributed by atoms with van der Waals surface area (Å²) in [6.07, 6.45) is 0.195. The molecular weight excluding hydrogens is 326 g/mol. The van der Waals surface area contributed by atoms with E-state index in [1.807, 2.05) is 69.3 Å². The third-order valence-electron chi connectivity index (χ3n) is 5.08. The van der Waals surface area contributed by atoms with Crippen LogP contribution in [0.2, 0.25) is 0 Å². The molecular formula is C26H23N. The van der Waals surface area contributed by atoms with E-state index in [-0.39, 0.29) is 30.3 Å². The topological polar surface area (TPSA) is 4.93 Å². The number of fused-ring (bicyclic) bond motifs is 3. The monoisotopic (exact) mass is 354 g/mol. The highest BCUT2D eigenvalue weighted by Gasteiger charge is 2.21. The average Bonchev–Trinajstić information content (AvgIpc) is 3.07. The summed E-state index contributed by atoms with van der Waals surface area (Å²) in [7, 11) is 0. The maximum absolute atomic E-state index is 9.23. The van der Waals surface area contributed by atoms with Crippen LogP contribution in [-0.2, 0) is 5.41 Å². The second-order valence-electron chi connectivity index (χ2n) is 7.96. The average molecular weight is 355 g/mol. The van der Waals surface area contributed by atoms with E-state index in [2.05, 4.69) is 6.07 Å². The van der Waals surface area contributed by atoms with Crippen LogP contribution in [0.4, 0.5) is 0 Å². The summed E-state index contributed by atoms with van der Waals surface area (Å²) in [5.41, 5.74) is 1.26. The highest BCUT2D eigenvalue weighted by Crippen LogP contribution is 2.38. The molecule has 5 rings (SSSR count). The van der Waals surface area contributed by atoms with E-state index in [4.69, 9.17) is 5.48 Å². The van der Waals surface area contributed by atoms with Crippen LogP contribution in [0.15, 0.2) is 84.9 Å². The van der Waals surface area contributed by atoms with Crippen molar-refractivity contribution in [1.29, 1.82) is 0 Å². The molecule has 1 heteroatoms. The molecule has 0 spiro atoms. The maximum atomic E-state index is 9.23. The molecule has 0 saturated heterocycles. The molecule has 0 unspecified atom stereocenters. The maximum Gasteiger partial charge on any atom is 0.0826 e. The van der Waals surface area contributed by atoms with Crippen LogP contribution in [0.5, 0.6) is 0 Å². The summed E-state index contributed by atoms with van der Waals surface area (Å²) < 4.78 is 44.9. The van der Waals surface area contributed by atoms with Crippen molar-refractivity contribution in [2.75, 3.05) is 0 Å².